The molecule has 3 heteroatoms. The summed E-state index contributed by atoms with van der Waals surface area (Å²) in [7, 11) is 0. The zero-order valence-corrected chi connectivity index (χ0v) is 12.2. The van der Waals surface area contributed by atoms with Gasteiger partial charge in [-0.25, -0.2) is 4.79 Å². The Hall–Kier alpha value is -0.990. The van der Waals surface area contributed by atoms with Crippen LogP contribution in [-0.4, -0.2) is 29.7 Å². The maximum absolute atomic E-state index is 11.5. The van der Waals surface area contributed by atoms with Crippen molar-refractivity contribution >= 4 is 6.09 Å². The van der Waals surface area contributed by atoms with E-state index in [0.717, 1.165) is 25.9 Å². The highest BCUT2D eigenvalue weighted by Crippen LogP contribution is 2.14. The molecule has 1 amide bonds. The van der Waals surface area contributed by atoms with E-state index in [1.54, 1.807) is 4.90 Å². The summed E-state index contributed by atoms with van der Waals surface area (Å²) in [6, 6.07) is 0. The van der Waals surface area contributed by atoms with Crippen molar-refractivity contribution in [1.29, 1.82) is 0 Å². The molecule has 0 aromatic rings. The van der Waals surface area contributed by atoms with Crippen molar-refractivity contribution in [3.05, 3.63) is 13.2 Å². The highest BCUT2D eigenvalue weighted by molar-refractivity contribution is 5.68. The molecule has 0 unspecified atom stereocenters. The predicted octanol–water partition coefficient (Wildman–Crippen LogP) is 4.24. The molecule has 0 saturated carbocycles. The second kappa shape index (κ2) is 10.2. The molecule has 102 valence electrons. The summed E-state index contributed by atoms with van der Waals surface area (Å²) >= 11 is 0. The van der Waals surface area contributed by atoms with Gasteiger partial charge >= 0.3 is 6.09 Å². The Morgan fingerprint density at radius 3 is 1.82 bits per heavy atom. The van der Waals surface area contributed by atoms with Crippen LogP contribution in [0.15, 0.2) is 13.2 Å². The van der Waals surface area contributed by atoms with E-state index >= 15 is 0 Å². The first-order valence-electron chi connectivity index (χ1n) is 6.47. The van der Waals surface area contributed by atoms with Crippen molar-refractivity contribution in [2.75, 3.05) is 13.1 Å². The lowest BCUT2D eigenvalue weighted by atomic mass is 10.1. The standard InChI is InChI=1S/C10H19NO2.C2H6.C2H4/c1-10(2,3)13-9(12)11-7-5-4-6-8-11;2*1-2/h4-8H2,1-3H3;1-2H3;1-2H2. The van der Waals surface area contributed by atoms with Crippen molar-refractivity contribution in [3.63, 3.8) is 0 Å². The maximum atomic E-state index is 11.5. The maximum Gasteiger partial charge on any atom is 0.410 e. The van der Waals surface area contributed by atoms with Crippen LogP contribution in [0.25, 0.3) is 0 Å². The SMILES string of the molecule is C=C.CC.CC(C)(C)OC(=O)N1CCCCC1. The van der Waals surface area contributed by atoms with E-state index in [-0.39, 0.29) is 11.7 Å². The topological polar surface area (TPSA) is 29.5 Å². The van der Waals surface area contributed by atoms with Gasteiger partial charge in [-0.15, -0.1) is 13.2 Å². The van der Waals surface area contributed by atoms with Crippen LogP contribution in [0.4, 0.5) is 4.79 Å². The summed E-state index contributed by atoms with van der Waals surface area (Å²) in [5.41, 5.74) is -0.367. The second-order valence-corrected chi connectivity index (χ2v) is 4.53. The molecule has 1 aliphatic heterocycles. The molecule has 0 radical (unpaired) electrons. The van der Waals surface area contributed by atoms with E-state index in [1.807, 2.05) is 34.6 Å². The summed E-state index contributed by atoms with van der Waals surface area (Å²) in [6.45, 7) is 17.4. The first-order valence-corrected chi connectivity index (χ1v) is 6.47. The molecule has 1 rings (SSSR count). The molecule has 0 aromatic carbocycles. The molecule has 1 aliphatic rings. The molecule has 0 spiro atoms. The molecular weight excluding hydrogens is 214 g/mol. The quantitative estimate of drug-likeness (QED) is 0.596. The number of hydrogen-bond donors (Lipinski definition) is 0. The Morgan fingerprint density at radius 2 is 1.47 bits per heavy atom. The Bertz CT molecular complexity index is 191. The third kappa shape index (κ3) is 9.91. The molecule has 0 aliphatic carbocycles. The molecule has 1 heterocycles. The Morgan fingerprint density at radius 1 is 1.06 bits per heavy atom. The molecule has 0 N–H and O–H groups in total. The van der Waals surface area contributed by atoms with Gasteiger partial charge in [-0.1, -0.05) is 13.8 Å². The summed E-state index contributed by atoms with van der Waals surface area (Å²) in [6.07, 6.45) is 3.30. The van der Waals surface area contributed by atoms with Gasteiger partial charge in [0.1, 0.15) is 5.60 Å². The average Bonchev–Trinajstić information content (AvgIpc) is 2.33. The first-order chi connectivity index (χ1) is 7.99. The van der Waals surface area contributed by atoms with Crippen LogP contribution in [0, 0.1) is 0 Å². The van der Waals surface area contributed by atoms with E-state index in [9.17, 15) is 4.79 Å². The van der Waals surface area contributed by atoms with Crippen LogP contribution in [-0.2, 0) is 4.74 Å². The Labute approximate surface area is 107 Å². The predicted molar refractivity (Wildman–Crippen MR) is 74.3 cm³/mol. The largest absolute Gasteiger partial charge is 0.444 e. The summed E-state index contributed by atoms with van der Waals surface area (Å²) < 4.78 is 5.26. The third-order valence-corrected chi connectivity index (χ3v) is 2.01. The van der Waals surface area contributed by atoms with E-state index in [1.165, 1.54) is 6.42 Å². The minimum absolute atomic E-state index is 0.160. The Balaban J connectivity index is 0. The number of likely N-dealkylation sites (tertiary alicyclic amines) is 1. The monoisotopic (exact) mass is 243 g/mol. The Kier molecular flexibility index (Phi) is 11.0. The van der Waals surface area contributed by atoms with Crippen molar-refractivity contribution in [2.45, 2.75) is 59.5 Å². The average molecular weight is 243 g/mol. The second-order valence-electron chi connectivity index (χ2n) is 4.53. The number of carbonyl (C=O) groups is 1. The number of rotatable bonds is 0. The molecular formula is C14H29NO2. The van der Waals surface area contributed by atoms with Crippen LogP contribution in [0.1, 0.15) is 53.9 Å². The molecule has 1 saturated heterocycles. The van der Waals surface area contributed by atoms with Gasteiger partial charge in [-0.05, 0) is 40.0 Å². The number of carbonyl (C=O) groups excluding carboxylic acids is 1. The lowest BCUT2D eigenvalue weighted by molar-refractivity contribution is 0.0216. The van der Waals surface area contributed by atoms with Crippen LogP contribution < -0.4 is 0 Å². The number of piperidine rings is 1. The molecule has 0 aromatic heterocycles. The van der Waals surface area contributed by atoms with Crippen LogP contribution in [0.5, 0.6) is 0 Å². The molecule has 17 heavy (non-hydrogen) atoms. The van der Waals surface area contributed by atoms with Crippen LogP contribution >= 0.6 is 0 Å². The van der Waals surface area contributed by atoms with Crippen LogP contribution in [0.2, 0.25) is 0 Å². The fraction of sp³-hybridized carbons (Fsp3) is 0.786. The van der Waals surface area contributed by atoms with Gasteiger partial charge in [0.05, 0.1) is 0 Å². The fourth-order valence-corrected chi connectivity index (χ4v) is 1.40. The summed E-state index contributed by atoms with van der Waals surface area (Å²) in [5.74, 6) is 0. The number of ether oxygens (including phenoxy) is 1. The van der Waals surface area contributed by atoms with Gasteiger partial charge in [0, 0.05) is 13.1 Å². The van der Waals surface area contributed by atoms with E-state index in [0.29, 0.717) is 0 Å². The number of amides is 1. The number of nitrogens with zero attached hydrogens (tertiary/aromatic N) is 1. The van der Waals surface area contributed by atoms with Crippen LogP contribution in [0.3, 0.4) is 0 Å². The van der Waals surface area contributed by atoms with Gasteiger partial charge in [0.15, 0.2) is 0 Å². The summed E-state index contributed by atoms with van der Waals surface area (Å²) in [5, 5.41) is 0. The highest BCUT2D eigenvalue weighted by Gasteiger charge is 2.22. The summed E-state index contributed by atoms with van der Waals surface area (Å²) in [4.78, 5) is 13.3. The fourth-order valence-electron chi connectivity index (χ4n) is 1.40. The minimum Gasteiger partial charge on any atom is -0.444 e. The normalized spacial score (nSPS) is 14.8. The molecule has 1 fully saturated rings. The molecule has 0 atom stereocenters. The lowest BCUT2D eigenvalue weighted by Crippen LogP contribution is -2.39. The van der Waals surface area contributed by atoms with Gasteiger partial charge in [-0.3, -0.25) is 0 Å². The van der Waals surface area contributed by atoms with Gasteiger partial charge < -0.3 is 9.64 Å². The molecule has 3 nitrogen and oxygen atoms in total. The third-order valence-electron chi connectivity index (χ3n) is 2.01. The van der Waals surface area contributed by atoms with Crippen molar-refractivity contribution in [3.8, 4) is 0 Å². The van der Waals surface area contributed by atoms with E-state index in [4.69, 9.17) is 4.74 Å². The van der Waals surface area contributed by atoms with E-state index < -0.39 is 0 Å². The van der Waals surface area contributed by atoms with E-state index in [2.05, 4.69) is 13.2 Å². The van der Waals surface area contributed by atoms with Gasteiger partial charge in [0.2, 0.25) is 0 Å². The van der Waals surface area contributed by atoms with Gasteiger partial charge in [0.25, 0.3) is 0 Å². The van der Waals surface area contributed by atoms with Crippen molar-refractivity contribution < 1.29 is 9.53 Å². The smallest absolute Gasteiger partial charge is 0.410 e. The number of hydrogen-bond acceptors (Lipinski definition) is 2. The first kappa shape index (κ1) is 18.4. The zero-order chi connectivity index (χ0) is 13.9. The highest BCUT2D eigenvalue weighted by atomic mass is 16.6. The van der Waals surface area contributed by atoms with Gasteiger partial charge in [-0.2, -0.15) is 0 Å². The zero-order valence-electron chi connectivity index (χ0n) is 12.2. The minimum atomic E-state index is -0.367. The van der Waals surface area contributed by atoms with Crippen molar-refractivity contribution in [2.24, 2.45) is 0 Å². The lowest BCUT2D eigenvalue weighted by Gasteiger charge is -2.29. The molecule has 0 bridgehead atoms. The van der Waals surface area contributed by atoms with Crippen molar-refractivity contribution in [1.82, 2.24) is 4.90 Å².